The number of aromatic nitrogens is 1. The first kappa shape index (κ1) is 12.5. The van der Waals surface area contributed by atoms with E-state index in [1.54, 1.807) is 30.4 Å². The molecular formula is C12H13N3O2S. The zero-order valence-electron chi connectivity index (χ0n) is 9.92. The van der Waals surface area contributed by atoms with Crippen LogP contribution in [0.2, 0.25) is 0 Å². The van der Waals surface area contributed by atoms with Crippen molar-refractivity contribution in [3.63, 3.8) is 0 Å². The van der Waals surface area contributed by atoms with Gasteiger partial charge >= 0.3 is 0 Å². The summed E-state index contributed by atoms with van der Waals surface area (Å²) in [6.45, 7) is 2.50. The van der Waals surface area contributed by atoms with Gasteiger partial charge in [0.2, 0.25) is 0 Å². The summed E-state index contributed by atoms with van der Waals surface area (Å²) < 4.78 is 0. The monoisotopic (exact) mass is 263 g/mol. The van der Waals surface area contributed by atoms with Crippen LogP contribution < -0.4 is 5.32 Å². The van der Waals surface area contributed by atoms with Crippen LogP contribution in [0.15, 0.2) is 29.1 Å². The van der Waals surface area contributed by atoms with Crippen LogP contribution in [0.4, 0.5) is 11.4 Å². The van der Waals surface area contributed by atoms with Crippen molar-refractivity contribution in [2.75, 3.05) is 11.9 Å². The molecule has 0 unspecified atom stereocenters. The van der Waals surface area contributed by atoms with Gasteiger partial charge in [0, 0.05) is 35.7 Å². The van der Waals surface area contributed by atoms with E-state index >= 15 is 0 Å². The number of nitrogens with one attached hydrogen (secondary N) is 1. The maximum atomic E-state index is 10.7. The lowest BCUT2D eigenvalue weighted by Crippen LogP contribution is -2.05. The highest BCUT2D eigenvalue weighted by atomic mass is 32.1. The zero-order chi connectivity index (χ0) is 13.0. The summed E-state index contributed by atoms with van der Waals surface area (Å²) in [4.78, 5) is 14.5. The van der Waals surface area contributed by atoms with Gasteiger partial charge in [-0.1, -0.05) is 0 Å². The van der Waals surface area contributed by atoms with E-state index < -0.39 is 0 Å². The summed E-state index contributed by atoms with van der Waals surface area (Å²) in [7, 11) is 0. The molecule has 1 aromatic heterocycles. The molecule has 0 bridgehead atoms. The number of nitro groups is 1. The van der Waals surface area contributed by atoms with Gasteiger partial charge in [0.15, 0.2) is 0 Å². The molecule has 0 atom stereocenters. The first-order valence-electron chi connectivity index (χ1n) is 5.53. The minimum absolute atomic E-state index is 0.153. The summed E-state index contributed by atoms with van der Waals surface area (Å²) in [5.41, 5.74) is 4.59. The number of hydrogen-bond acceptors (Lipinski definition) is 5. The van der Waals surface area contributed by atoms with Crippen molar-refractivity contribution in [1.29, 1.82) is 0 Å². The predicted molar refractivity (Wildman–Crippen MR) is 72.1 cm³/mol. The zero-order valence-corrected chi connectivity index (χ0v) is 10.7. The van der Waals surface area contributed by atoms with E-state index in [0.717, 1.165) is 24.3 Å². The SMILES string of the molecule is Cc1cc(NCCc2cscn2)ccc1[N+](=O)[O-]. The number of hydrogen-bond donors (Lipinski definition) is 1. The molecule has 2 aromatic rings. The van der Waals surface area contributed by atoms with Crippen molar-refractivity contribution >= 4 is 22.7 Å². The van der Waals surface area contributed by atoms with E-state index in [4.69, 9.17) is 0 Å². The van der Waals surface area contributed by atoms with Gasteiger partial charge in [-0.05, 0) is 19.1 Å². The summed E-state index contributed by atoms with van der Waals surface area (Å²) in [5, 5.41) is 15.9. The van der Waals surface area contributed by atoms with Crippen LogP contribution in [0.3, 0.4) is 0 Å². The lowest BCUT2D eigenvalue weighted by molar-refractivity contribution is -0.385. The highest BCUT2D eigenvalue weighted by Crippen LogP contribution is 2.21. The highest BCUT2D eigenvalue weighted by molar-refractivity contribution is 7.07. The van der Waals surface area contributed by atoms with Crippen LogP contribution in [0.25, 0.3) is 0 Å². The fourth-order valence-electron chi connectivity index (χ4n) is 1.67. The molecule has 6 heteroatoms. The molecule has 0 radical (unpaired) electrons. The lowest BCUT2D eigenvalue weighted by atomic mass is 10.2. The molecule has 1 aromatic carbocycles. The van der Waals surface area contributed by atoms with E-state index in [9.17, 15) is 10.1 Å². The van der Waals surface area contributed by atoms with Gasteiger partial charge in [-0.25, -0.2) is 4.98 Å². The van der Waals surface area contributed by atoms with E-state index in [-0.39, 0.29) is 10.6 Å². The Hall–Kier alpha value is -1.95. The normalized spacial score (nSPS) is 10.3. The number of benzene rings is 1. The van der Waals surface area contributed by atoms with Crippen LogP contribution in [-0.4, -0.2) is 16.5 Å². The maximum Gasteiger partial charge on any atom is 0.272 e. The van der Waals surface area contributed by atoms with E-state index in [1.165, 1.54) is 6.07 Å². The Bertz CT molecular complexity index is 540. The largest absolute Gasteiger partial charge is 0.385 e. The Labute approximate surface area is 109 Å². The molecule has 0 aliphatic rings. The van der Waals surface area contributed by atoms with Crippen LogP contribution in [-0.2, 0) is 6.42 Å². The number of rotatable bonds is 5. The number of aryl methyl sites for hydroxylation is 1. The lowest BCUT2D eigenvalue weighted by Gasteiger charge is -2.06. The fraction of sp³-hybridized carbons (Fsp3) is 0.250. The number of nitrogens with zero attached hydrogens (tertiary/aromatic N) is 2. The summed E-state index contributed by atoms with van der Waals surface area (Å²) in [6, 6.07) is 5.05. The van der Waals surface area contributed by atoms with Crippen LogP contribution >= 0.6 is 11.3 Å². The average Bonchev–Trinajstić information content (AvgIpc) is 2.81. The second-order valence-electron chi connectivity index (χ2n) is 3.91. The standard InChI is InChI=1S/C12H13N3O2S/c1-9-6-10(2-3-12(9)15(16)17)13-5-4-11-7-18-8-14-11/h2-3,6-8,13H,4-5H2,1H3. The molecule has 0 saturated carbocycles. The van der Waals surface area contributed by atoms with Crippen molar-refractivity contribution in [3.8, 4) is 0 Å². The molecule has 94 valence electrons. The first-order chi connectivity index (χ1) is 8.66. The van der Waals surface area contributed by atoms with Gasteiger partial charge < -0.3 is 5.32 Å². The van der Waals surface area contributed by atoms with Gasteiger partial charge in [-0.2, -0.15) is 0 Å². The topological polar surface area (TPSA) is 68.1 Å². The minimum atomic E-state index is -0.367. The molecule has 0 saturated heterocycles. The summed E-state index contributed by atoms with van der Waals surface area (Å²) in [6.07, 6.45) is 0.847. The van der Waals surface area contributed by atoms with Gasteiger partial charge in [0.05, 0.1) is 16.1 Å². The molecule has 1 N–H and O–H groups in total. The Kier molecular flexibility index (Phi) is 3.88. The summed E-state index contributed by atoms with van der Waals surface area (Å²) in [5.74, 6) is 0. The molecule has 5 nitrogen and oxygen atoms in total. The van der Waals surface area contributed by atoms with E-state index in [2.05, 4.69) is 10.3 Å². The van der Waals surface area contributed by atoms with Crippen molar-refractivity contribution in [3.05, 3.63) is 50.5 Å². The van der Waals surface area contributed by atoms with E-state index in [1.807, 2.05) is 10.9 Å². The molecule has 18 heavy (non-hydrogen) atoms. The third kappa shape index (κ3) is 3.04. The van der Waals surface area contributed by atoms with Crippen LogP contribution in [0.5, 0.6) is 0 Å². The third-order valence-corrected chi connectivity index (χ3v) is 3.22. The Balaban J connectivity index is 1.94. The molecule has 1 heterocycles. The number of anilines is 1. The Morgan fingerprint density at radius 1 is 1.50 bits per heavy atom. The average molecular weight is 263 g/mol. The smallest absolute Gasteiger partial charge is 0.272 e. The molecule has 0 aliphatic heterocycles. The van der Waals surface area contributed by atoms with Crippen LogP contribution in [0, 0.1) is 17.0 Å². The Morgan fingerprint density at radius 2 is 2.33 bits per heavy atom. The van der Waals surface area contributed by atoms with Gasteiger partial charge in [-0.15, -0.1) is 11.3 Å². The number of thiazole rings is 1. The predicted octanol–water partition coefficient (Wildman–Crippen LogP) is 3.01. The second kappa shape index (κ2) is 5.59. The second-order valence-corrected chi connectivity index (χ2v) is 4.63. The van der Waals surface area contributed by atoms with Crippen molar-refractivity contribution < 1.29 is 4.92 Å². The molecule has 2 rings (SSSR count). The van der Waals surface area contributed by atoms with Crippen molar-refractivity contribution in [2.45, 2.75) is 13.3 Å². The third-order valence-electron chi connectivity index (χ3n) is 2.59. The van der Waals surface area contributed by atoms with Gasteiger partial charge in [0.1, 0.15) is 0 Å². The number of nitro benzene ring substituents is 1. The Morgan fingerprint density at radius 3 is 2.94 bits per heavy atom. The van der Waals surface area contributed by atoms with Crippen molar-refractivity contribution in [1.82, 2.24) is 4.98 Å². The molecule has 0 spiro atoms. The van der Waals surface area contributed by atoms with Crippen molar-refractivity contribution in [2.24, 2.45) is 0 Å². The molecular weight excluding hydrogens is 250 g/mol. The van der Waals surface area contributed by atoms with Gasteiger partial charge in [-0.3, -0.25) is 10.1 Å². The molecule has 0 amide bonds. The fourth-order valence-corrected chi connectivity index (χ4v) is 2.26. The molecule has 0 fully saturated rings. The minimum Gasteiger partial charge on any atom is -0.385 e. The highest BCUT2D eigenvalue weighted by Gasteiger charge is 2.09. The van der Waals surface area contributed by atoms with Crippen LogP contribution in [0.1, 0.15) is 11.3 Å². The first-order valence-corrected chi connectivity index (χ1v) is 6.47. The molecule has 0 aliphatic carbocycles. The quantitative estimate of drug-likeness (QED) is 0.665. The summed E-state index contributed by atoms with van der Waals surface area (Å²) >= 11 is 1.58. The van der Waals surface area contributed by atoms with Gasteiger partial charge in [0.25, 0.3) is 5.69 Å². The maximum absolute atomic E-state index is 10.7. The van der Waals surface area contributed by atoms with E-state index in [0.29, 0.717) is 5.56 Å².